The molecule has 6 nitrogen and oxygen atoms in total. The Kier molecular flexibility index (Phi) is 9.43. The van der Waals surface area contributed by atoms with E-state index < -0.39 is 23.3 Å². The molecular weight excluding hydrogens is 345 g/mol. The number of esters is 2. The van der Waals surface area contributed by atoms with Crippen molar-refractivity contribution in [1.29, 1.82) is 0 Å². The minimum absolute atomic E-state index is 0. The lowest BCUT2D eigenvalue weighted by atomic mass is 9.78. The Balaban J connectivity index is 0. The number of carbonyl (C=O) groups excluding carboxylic acids is 2. The number of rotatable bonds is 2. The van der Waals surface area contributed by atoms with Crippen LogP contribution < -0.4 is 11.5 Å². The highest BCUT2D eigenvalue weighted by Crippen LogP contribution is 2.36. The summed E-state index contributed by atoms with van der Waals surface area (Å²) in [6.07, 6.45) is 0.388. The fourth-order valence-corrected chi connectivity index (χ4v) is 2.24. The van der Waals surface area contributed by atoms with E-state index in [0.717, 1.165) is 0 Å². The molecule has 0 heterocycles. The van der Waals surface area contributed by atoms with Gasteiger partial charge in [-0.05, 0) is 0 Å². The third-order valence-electron chi connectivity index (χ3n) is 3.45. The van der Waals surface area contributed by atoms with Crippen molar-refractivity contribution in [3.63, 3.8) is 0 Å². The molecular formula is C12H22Cl2F2N2O4. The topological polar surface area (TPSA) is 105 Å². The van der Waals surface area contributed by atoms with E-state index in [0.29, 0.717) is 0 Å². The Hall–Kier alpha value is -0.700. The lowest BCUT2D eigenvalue weighted by Crippen LogP contribution is -2.53. The van der Waals surface area contributed by atoms with Gasteiger partial charge in [0.1, 0.15) is 0 Å². The first-order chi connectivity index (χ1) is 9.16. The van der Waals surface area contributed by atoms with Crippen molar-refractivity contribution in [2.75, 3.05) is 14.2 Å². The SMILES string of the molecule is COC(=O)C1(F)CC(N)C1.COC(=O)C1(F)CC(N)C1.Cl.Cl. The zero-order valence-corrected chi connectivity index (χ0v) is 14.0. The van der Waals surface area contributed by atoms with Gasteiger partial charge in [-0.2, -0.15) is 0 Å². The maximum absolute atomic E-state index is 13.0. The van der Waals surface area contributed by atoms with Gasteiger partial charge in [-0.25, -0.2) is 18.4 Å². The second-order valence-corrected chi connectivity index (χ2v) is 5.25. The summed E-state index contributed by atoms with van der Waals surface area (Å²) >= 11 is 0. The van der Waals surface area contributed by atoms with Gasteiger partial charge >= 0.3 is 11.9 Å². The molecule has 2 saturated carbocycles. The Morgan fingerprint density at radius 3 is 1.23 bits per heavy atom. The molecule has 2 aliphatic rings. The highest BCUT2D eigenvalue weighted by atomic mass is 35.5. The molecule has 0 spiro atoms. The average molecular weight is 367 g/mol. The summed E-state index contributed by atoms with van der Waals surface area (Å²) in [5, 5.41) is 0. The van der Waals surface area contributed by atoms with Gasteiger partial charge in [0.15, 0.2) is 0 Å². The van der Waals surface area contributed by atoms with Crippen molar-refractivity contribution in [2.24, 2.45) is 11.5 Å². The predicted molar refractivity (Wildman–Crippen MR) is 80.6 cm³/mol. The van der Waals surface area contributed by atoms with Crippen LogP contribution in [0.2, 0.25) is 0 Å². The molecule has 4 N–H and O–H groups in total. The molecule has 0 saturated heterocycles. The van der Waals surface area contributed by atoms with E-state index >= 15 is 0 Å². The molecule has 10 heteroatoms. The summed E-state index contributed by atoms with van der Waals surface area (Å²) in [6.45, 7) is 0. The van der Waals surface area contributed by atoms with Gasteiger partial charge < -0.3 is 20.9 Å². The molecule has 132 valence electrons. The Bertz CT molecular complexity index is 353. The van der Waals surface area contributed by atoms with Crippen LogP contribution in [0.4, 0.5) is 8.78 Å². The molecule has 0 radical (unpaired) electrons. The van der Waals surface area contributed by atoms with Crippen LogP contribution in [0.5, 0.6) is 0 Å². The molecule has 0 unspecified atom stereocenters. The van der Waals surface area contributed by atoms with Crippen molar-refractivity contribution >= 4 is 36.8 Å². The van der Waals surface area contributed by atoms with Crippen LogP contribution in [0.25, 0.3) is 0 Å². The second-order valence-electron chi connectivity index (χ2n) is 5.25. The van der Waals surface area contributed by atoms with Gasteiger partial charge in [0, 0.05) is 37.8 Å². The van der Waals surface area contributed by atoms with E-state index in [1.165, 1.54) is 14.2 Å². The average Bonchev–Trinajstić information content (AvgIpc) is 2.34. The van der Waals surface area contributed by atoms with E-state index in [2.05, 4.69) is 9.47 Å². The summed E-state index contributed by atoms with van der Waals surface area (Å²) in [7, 11) is 2.35. The summed E-state index contributed by atoms with van der Waals surface area (Å²) in [4.78, 5) is 21.2. The third kappa shape index (κ3) is 5.19. The number of alkyl halides is 2. The van der Waals surface area contributed by atoms with E-state index in [1.807, 2.05) is 0 Å². The summed E-state index contributed by atoms with van der Waals surface area (Å²) in [5.74, 6) is -1.59. The largest absolute Gasteiger partial charge is 0.467 e. The van der Waals surface area contributed by atoms with E-state index in [1.54, 1.807) is 0 Å². The maximum Gasteiger partial charge on any atom is 0.343 e. The lowest BCUT2D eigenvalue weighted by Gasteiger charge is -2.36. The summed E-state index contributed by atoms with van der Waals surface area (Å²) < 4.78 is 34.5. The first-order valence-corrected chi connectivity index (χ1v) is 6.22. The smallest absolute Gasteiger partial charge is 0.343 e. The summed E-state index contributed by atoms with van der Waals surface area (Å²) in [6, 6.07) is -0.354. The molecule has 0 amide bonds. The highest BCUT2D eigenvalue weighted by molar-refractivity contribution is 5.85. The van der Waals surface area contributed by atoms with Crippen molar-refractivity contribution in [3.8, 4) is 0 Å². The van der Waals surface area contributed by atoms with E-state index in [4.69, 9.17) is 11.5 Å². The fraction of sp³-hybridized carbons (Fsp3) is 0.833. The van der Waals surface area contributed by atoms with Crippen LogP contribution in [0.1, 0.15) is 25.7 Å². The minimum atomic E-state index is -1.78. The highest BCUT2D eigenvalue weighted by Gasteiger charge is 2.51. The monoisotopic (exact) mass is 366 g/mol. The van der Waals surface area contributed by atoms with Gasteiger partial charge in [0.05, 0.1) is 14.2 Å². The van der Waals surface area contributed by atoms with Crippen LogP contribution in [-0.2, 0) is 19.1 Å². The van der Waals surface area contributed by atoms with Crippen molar-refractivity contribution in [1.82, 2.24) is 0 Å². The Labute approximate surface area is 140 Å². The minimum Gasteiger partial charge on any atom is -0.467 e. The van der Waals surface area contributed by atoms with Crippen molar-refractivity contribution in [3.05, 3.63) is 0 Å². The molecule has 0 aromatic heterocycles. The number of carbonyl (C=O) groups is 2. The first kappa shape index (κ1) is 23.6. The zero-order chi connectivity index (χ0) is 15.6. The Morgan fingerprint density at radius 1 is 0.864 bits per heavy atom. The second kappa shape index (κ2) is 8.81. The standard InChI is InChI=1S/2C6H10FNO2.2ClH/c2*1-10-5(9)6(7)2-4(8)3-6;;/h2*4H,2-3,8H2,1H3;2*1H. The zero-order valence-electron chi connectivity index (χ0n) is 12.3. The van der Waals surface area contributed by atoms with Crippen LogP contribution in [0, 0.1) is 0 Å². The maximum atomic E-state index is 13.0. The molecule has 0 bridgehead atoms. The van der Waals surface area contributed by atoms with Crippen molar-refractivity contribution < 1.29 is 27.8 Å². The fourth-order valence-electron chi connectivity index (χ4n) is 2.24. The number of halogens is 4. The van der Waals surface area contributed by atoms with Gasteiger partial charge in [-0.3, -0.25) is 0 Å². The number of hydrogen-bond acceptors (Lipinski definition) is 6. The number of ether oxygens (including phenoxy) is 2. The lowest BCUT2D eigenvalue weighted by molar-refractivity contribution is -0.162. The van der Waals surface area contributed by atoms with E-state index in [-0.39, 0.29) is 62.6 Å². The number of nitrogens with two attached hydrogens (primary N) is 2. The normalized spacial score (nSPS) is 35.0. The molecule has 0 aromatic carbocycles. The molecule has 0 atom stereocenters. The molecule has 0 aromatic rings. The van der Waals surface area contributed by atoms with E-state index in [9.17, 15) is 18.4 Å². The molecule has 2 aliphatic carbocycles. The predicted octanol–water partition coefficient (Wildman–Crippen LogP) is 0.821. The van der Waals surface area contributed by atoms with Crippen LogP contribution in [-0.4, -0.2) is 49.6 Å². The van der Waals surface area contributed by atoms with Gasteiger partial charge in [-0.1, -0.05) is 0 Å². The van der Waals surface area contributed by atoms with Gasteiger partial charge in [-0.15, -0.1) is 24.8 Å². The number of methoxy groups -OCH3 is 2. The van der Waals surface area contributed by atoms with Crippen LogP contribution >= 0.6 is 24.8 Å². The van der Waals surface area contributed by atoms with Gasteiger partial charge in [0.2, 0.25) is 11.3 Å². The van der Waals surface area contributed by atoms with Crippen molar-refractivity contribution in [2.45, 2.75) is 49.1 Å². The molecule has 22 heavy (non-hydrogen) atoms. The molecule has 0 aliphatic heterocycles. The van der Waals surface area contributed by atoms with Crippen LogP contribution in [0.3, 0.4) is 0 Å². The molecule has 2 rings (SSSR count). The van der Waals surface area contributed by atoms with Gasteiger partial charge in [0.25, 0.3) is 0 Å². The third-order valence-corrected chi connectivity index (χ3v) is 3.45. The number of hydrogen-bond donors (Lipinski definition) is 2. The van der Waals surface area contributed by atoms with Crippen LogP contribution in [0.15, 0.2) is 0 Å². The molecule has 2 fully saturated rings. The first-order valence-electron chi connectivity index (χ1n) is 6.22. The Morgan fingerprint density at radius 2 is 1.09 bits per heavy atom. The summed E-state index contributed by atoms with van der Waals surface area (Å²) in [5.41, 5.74) is 7.03. The quantitative estimate of drug-likeness (QED) is 0.701.